The maximum atomic E-state index is 13.4. The van der Waals surface area contributed by atoms with Crippen molar-refractivity contribution in [3.63, 3.8) is 0 Å². The molecule has 1 atom stereocenters. The summed E-state index contributed by atoms with van der Waals surface area (Å²) in [6.07, 6.45) is 1.69. The topological polar surface area (TPSA) is 12.0 Å². The quantitative estimate of drug-likeness (QED) is 0.814. The molecular formula is C11H15ClFN. The summed E-state index contributed by atoms with van der Waals surface area (Å²) >= 11 is 5.67. The van der Waals surface area contributed by atoms with Gasteiger partial charge in [-0.25, -0.2) is 4.39 Å². The van der Waals surface area contributed by atoms with Crippen molar-refractivity contribution in [2.75, 3.05) is 7.05 Å². The van der Waals surface area contributed by atoms with E-state index in [0.717, 1.165) is 12.0 Å². The van der Waals surface area contributed by atoms with Crippen LogP contribution in [-0.2, 0) is 6.42 Å². The highest BCUT2D eigenvalue weighted by Gasteiger charge is 2.08. The first kappa shape index (κ1) is 11.5. The van der Waals surface area contributed by atoms with E-state index in [-0.39, 0.29) is 5.82 Å². The third-order valence-corrected chi connectivity index (χ3v) is 2.62. The van der Waals surface area contributed by atoms with Crippen LogP contribution in [0, 0.1) is 5.82 Å². The summed E-state index contributed by atoms with van der Waals surface area (Å²) in [7, 11) is 1.89. The Balaban J connectivity index is 2.76. The zero-order valence-corrected chi connectivity index (χ0v) is 9.24. The largest absolute Gasteiger partial charge is 0.317 e. The lowest BCUT2D eigenvalue weighted by Gasteiger charge is -2.14. The molecule has 3 heteroatoms. The summed E-state index contributed by atoms with van der Waals surface area (Å²) in [5, 5.41) is 3.59. The summed E-state index contributed by atoms with van der Waals surface area (Å²) < 4.78 is 13.4. The Labute approximate surface area is 89.3 Å². The fraction of sp³-hybridized carbons (Fsp3) is 0.455. The van der Waals surface area contributed by atoms with Crippen LogP contribution in [0.1, 0.15) is 18.9 Å². The number of hydrogen-bond donors (Lipinski definition) is 1. The Morgan fingerprint density at radius 3 is 2.71 bits per heavy atom. The molecule has 0 radical (unpaired) electrons. The van der Waals surface area contributed by atoms with Crippen LogP contribution in [-0.4, -0.2) is 13.1 Å². The fourth-order valence-electron chi connectivity index (χ4n) is 1.40. The molecule has 0 bridgehead atoms. The average Bonchev–Trinajstić information content (AvgIpc) is 2.17. The standard InChI is InChI=1S/C11H15ClFN/c1-3-10(14-2)6-8-4-5-9(12)7-11(8)13/h4-5,7,10,14H,3,6H2,1-2H3. The molecule has 1 aromatic carbocycles. The van der Waals surface area contributed by atoms with Gasteiger partial charge in [-0.05, 0) is 37.6 Å². The highest BCUT2D eigenvalue weighted by atomic mass is 35.5. The second-order valence-corrected chi connectivity index (χ2v) is 3.77. The lowest BCUT2D eigenvalue weighted by molar-refractivity contribution is 0.522. The molecule has 0 fully saturated rings. The second-order valence-electron chi connectivity index (χ2n) is 3.33. The number of likely N-dealkylation sites (N-methyl/N-ethyl adjacent to an activating group) is 1. The van der Waals surface area contributed by atoms with E-state index >= 15 is 0 Å². The molecule has 1 unspecified atom stereocenters. The molecule has 1 N–H and O–H groups in total. The summed E-state index contributed by atoms with van der Waals surface area (Å²) in [6, 6.07) is 5.16. The van der Waals surface area contributed by atoms with Crippen molar-refractivity contribution in [1.82, 2.24) is 5.32 Å². The highest BCUT2D eigenvalue weighted by Crippen LogP contribution is 2.16. The van der Waals surface area contributed by atoms with Gasteiger partial charge in [0.15, 0.2) is 0 Å². The van der Waals surface area contributed by atoms with Gasteiger partial charge in [0.25, 0.3) is 0 Å². The number of halogens is 2. The molecule has 1 aromatic rings. The van der Waals surface area contributed by atoms with Crippen LogP contribution < -0.4 is 5.32 Å². The molecule has 0 saturated carbocycles. The summed E-state index contributed by atoms with van der Waals surface area (Å²) in [6.45, 7) is 2.08. The van der Waals surface area contributed by atoms with Crippen LogP contribution in [0.3, 0.4) is 0 Å². The Hall–Kier alpha value is -0.600. The molecule has 0 aliphatic carbocycles. The van der Waals surface area contributed by atoms with E-state index in [1.165, 1.54) is 6.07 Å². The Morgan fingerprint density at radius 1 is 1.50 bits per heavy atom. The minimum Gasteiger partial charge on any atom is -0.317 e. The van der Waals surface area contributed by atoms with Gasteiger partial charge in [-0.2, -0.15) is 0 Å². The van der Waals surface area contributed by atoms with E-state index in [0.29, 0.717) is 17.5 Å². The van der Waals surface area contributed by atoms with Gasteiger partial charge in [0.05, 0.1) is 0 Å². The van der Waals surface area contributed by atoms with E-state index in [4.69, 9.17) is 11.6 Å². The van der Waals surface area contributed by atoms with Crippen molar-refractivity contribution < 1.29 is 4.39 Å². The lowest BCUT2D eigenvalue weighted by Crippen LogP contribution is -2.26. The van der Waals surface area contributed by atoms with Crippen molar-refractivity contribution in [1.29, 1.82) is 0 Å². The molecule has 0 saturated heterocycles. The van der Waals surface area contributed by atoms with Gasteiger partial charge in [0.2, 0.25) is 0 Å². The Morgan fingerprint density at radius 2 is 2.21 bits per heavy atom. The second kappa shape index (κ2) is 5.32. The van der Waals surface area contributed by atoms with Crippen LogP contribution >= 0.6 is 11.6 Å². The minimum absolute atomic E-state index is 0.216. The maximum Gasteiger partial charge on any atom is 0.127 e. The first-order chi connectivity index (χ1) is 6.67. The Bertz CT molecular complexity index is 297. The zero-order chi connectivity index (χ0) is 10.6. The van der Waals surface area contributed by atoms with Crippen LogP contribution in [0.4, 0.5) is 4.39 Å². The number of benzene rings is 1. The zero-order valence-electron chi connectivity index (χ0n) is 8.48. The van der Waals surface area contributed by atoms with Gasteiger partial charge in [-0.3, -0.25) is 0 Å². The molecule has 1 rings (SSSR count). The number of hydrogen-bond acceptors (Lipinski definition) is 1. The molecule has 0 heterocycles. The van der Waals surface area contributed by atoms with Crippen LogP contribution in [0.25, 0.3) is 0 Å². The minimum atomic E-state index is -0.216. The average molecular weight is 216 g/mol. The predicted octanol–water partition coefficient (Wildman–Crippen LogP) is 3.02. The van der Waals surface area contributed by atoms with E-state index < -0.39 is 0 Å². The van der Waals surface area contributed by atoms with E-state index in [1.807, 2.05) is 7.05 Å². The van der Waals surface area contributed by atoms with E-state index in [2.05, 4.69) is 12.2 Å². The van der Waals surface area contributed by atoms with Crippen molar-refractivity contribution in [3.8, 4) is 0 Å². The fourth-order valence-corrected chi connectivity index (χ4v) is 1.56. The maximum absolute atomic E-state index is 13.4. The first-order valence-corrected chi connectivity index (χ1v) is 5.16. The van der Waals surface area contributed by atoms with Gasteiger partial charge < -0.3 is 5.32 Å². The van der Waals surface area contributed by atoms with Crippen LogP contribution in [0.5, 0.6) is 0 Å². The molecule has 0 aliphatic heterocycles. The molecule has 0 aromatic heterocycles. The predicted molar refractivity (Wildman–Crippen MR) is 58.3 cm³/mol. The summed E-state index contributed by atoms with van der Waals surface area (Å²) in [5.74, 6) is -0.216. The van der Waals surface area contributed by atoms with Gasteiger partial charge in [0, 0.05) is 11.1 Å². The molecule has 0 spiro atoms. The normalized spacial score (nSPS) is 12.9. The molecule has 1 nitrogen and oxygen atoms in total. The van der Waals surface area contributed by atoms with Gasteiger partial charge in [0.1, 0.15) is 5.82 Å². The van der Waals surface area contributed by atoms with Crippen LogP contribution in [0.15, 0.2) is 18.2 Å². The van der Waals surface area contributed by atoms with Crippen molar-refractivity contribution in [2.24, 2.45) is 0 Å². The van der Waals surface area contributed by atoms with Crippen LogP contribution in [0.2, 0.25) is 5.02 Å². The smallest absolute Gasteiger partial charge is 0.127 e. The molecule has 78 valence electrons. The highest BCUT2D eigenvalue weighted by molar-refractivity contribution is 6.30. The van der Waals surface area contributed by atoms with Gasteiger partial charge >= 0.3 is 0 Å². The summed E-state index contributed by atoms with van der Waals surface area (Å²) in [5.41, 5.74) is 0.718. The van der Waals surface area contributed by atoms with Crippen molar-refractivity contribution >= 4 is 11.6 Å². The molecule has 0 amide bonds. The SMILES string of the molecule is CCC(Cc1ccc(Cl)cc1F)NC. The summed E-state index contributed by atoms with van der Waals surface area (Å²) in [4.78, 5) is 0. The van der Waals surface area contributed by atoms with E-state index in [9.17, 15) is 4.39 Å². The number of rotatable bonds is 4. The first-order valence-electron chi connectivity index (χ1n) is 4.78. The molecule has 14 heavy (non-hydrogen) atoms. The van der Waals surface area contributed by atoms with Gasteiger partial charge in [-0.15, -0.1) is 0 Å². The Kier molecular flexibility index (Phi) is 4.36. The molecule has 0 aliphatic rings. The van der Waals surface area contributed by atoms with Crippen molar-refractivity contribution in [3.05, 3.63) is 34.6 Å². The lowest BCUT2D eigenvalue weighted by atomic mass is 10.0. The third kappa shape index (κ3) is 2.96. The monoisotopic (exact) mass is 215 g/mol. The number of nitrogens with one attached hydrogen (secondary N) is 1. The van der Waals surface area contributed by atoms with E-state index in [1.54, 1.807) is 12.1 Å². The van der Waals surface area contributed by atoms with Gasteiger partial charge in [-0.1, -0.05) is 24.6 Å². The molecular weight excluding hydrogens is 201 g/mol. The van der Waals surface area contributed by atoms with Crippen molar-refractivity contribution in [2.45, 2.75) is 25.8 Å². The third-order valence-electron chi connectivity index (χ3n) is 2.38.